The normalized spacial score (nSPS) is 15.0. The molecule has 2 heterocycles. The molecular weight excluding hydrogens is 276 g/mol. The number of benzene rings is 1. The van der Waals surface area contributed by atoms with E-state index in [1.54, 1.807) is 12.4 Å². The van der Waals surface area contributed by atoms with E-state index in [1.165, 1.54) is 5.56 Å². The van der Waals surface area contributed by atoms with Crippen LogP contribution >= 0.6 is 0 Å². The molecule has 1 aliphatic rings. The summed E-state index contributed by atoms with van der Waals surface area (Å²) < 4.78 is 0. The number of hydrogen-bond acceptors (Lipinski definition) is 4. The minimum atomic E-state index is 0.108. The van der Waals surface area contributed by atoms with Gasteiger partial charge in [-0.15, -0.1) is 0 Å². The maximum absolute atomic E-state index is 12.6. The molecule has 0 unspecified atom stereocenters. The molecule has 2 aromatic rings. The predicted molar refractivity (Wildman–Crippen MR) is 86.1 cm³/mol. The molecule has 1 fully saturated rings. The maximum Gasteiger partial charge on any atom is 0.253 e. The van der Waals surface area contributed by atoms with Crippen LogP contribution in [-0.4, -0.2) is 47.0 Å². The van der Waals surface area contributed by atoms with Crippen molar-refractivity contribution in [2.45, 2.75) is 13.8 Å². The van der Waals surface area contributed by atoms with Gasteiger partial charge in [-0.1, -0.05) is 6.07 Å². The molecule has 0 N–H and O–H groups in total. The minimum Gasteiger partial charge on any atom is -0.337 e. The van der Waals surface area contributed by atoms with Gasteiger partial charge in [0.1, 0.15) is 0 Å². The molecule has 0 spiro atoms. The molecule has 0 bridgehead atoms. The van der Waals surface area contributed by atoms with Gasteiger partial charge in [0, 0.05) is 44.1 Å². The molecule has 0 radical (unpaired) electrons. The Morgan fingerprint density at radius 2 is 1.68 bits per heavy atom. The number of hydrogen-bond donors (Lipinski definition) is 0. The van der Waals surface area contributed by atoms with Crippen molar-refractivity contribution >= 4 is 11.9 Å². The first kappa shape index (κ1) is 14.5. The largest absolute Gasteiger partial charge is 0.337 e. The van der Waals surface area contributed by atoms with Gasteiger partial charge in [-0.05, 0) is 43.2 Å². The van der Waals surface area contributed by atoms with Crippen LogP contribution in [-0.2, 0) is 0 Å². The quantitative estimate of drug-likeness (QED) is 0.851. The molecule has 114 valence electrons. The van der Waals surface area contributed by atoms with Gasteiger partial charge in [0.05, 0.1) is 0 Å². The number of aryl methyl sites for hydroxylation is 2. The molecule has 3 rings (SSSR count). The highest BCUT2D eigenvalue weighted by atomic mass is 16.2. The first-order valence-corrected chi connectivity index (χ1v) is 7.53. The van der Waals surface area contributed by atoms with Crippen molar-refractivity contribution < 1.29 is 4.79 Å². The smallest absolute Gasteiger partial charge is 0.253 e. The monoisotopic (exact) mass is 296 g/mol. The first-order chi connectivity index (χ1) is 10.6. The van der Waals surface area contributed by atoms with Gasteiger partial charge in [-0.2, -0.15) is 0 Å². The van der Waals surface area contributed by atoms with E-state index in [9.17, 15) is 4.79 Å². The van der Waals surface area contributed by atoms with E-state index in [-0.39, 0.29) is 5.91 Å². The molecule has 1 aliphatic heterocycles. The highest BCUT2D eigenvalue weighted by molar-refractivity contribution is 5.94. The number of aromatic nitrogens is 2. The Balaban J connectivity index is 1.66. The van der Waals surface area contributed by atoms with Crippen molar-refractivity contribution in [2.24, 2.45) is 0 Å². The third kappa shape index (κ3) is 2.93. The zero-order valence-corrected chi connectivity index (χ0v) is 13.0. The van der Waals surface area contributed by atoms with E-state index in [4.69, 9.17) is 0 Å². The SMILES string of the molecule is Cc1ccc(C(=O)N2CCN(c3ncccn3)CC2)cc1C. The van der Waals surface area contributed by atoms with Gasteiger partial charge in [0.15, 0.2) is 0 Å². The number of piperazine rings is 1. The van der Waals surface area contributed by atoms with E-state index in [0.29, 0.717) is 13.1 Å². The van der Waals surface area contributed by atoms with Gasteiger partial charge in [-0.3, -0.25) is 4.79 Å². The molecular formula is C17H20N4O. The lowest BCUT2D eigenvalue weighted by molar-refractivity contribution is 0.0746. The Morgan fingerprint density at radius 3 is 2.32 bits per heavy atom. The number of amides is 1. The van der Waals surface area contributed by atoms with Crippen LogP contribution in [0.1, 0.15) is 21.5 Å². The van der Waals surface area contributed by atoms with Gasteiger partial charge in [0.2, 0.25) is 5.95 Å². The Hall–Kier alpha value is -2.43. The average molecular weight is 296 g/mol. The summed E-state index contributed by atoms with van der Waals surface area (Å²) in [6.45, 7) is 7.02. The van der Waals surface area contributed by atoms with E-state index in [0.717, 1.165) is 30.2 Å². The molecule has 1 aromatic heterocycles. The summed E-state index contributed by atoms with van der Waals surface area (Å²) in [5.74, 6) is 0.845. The third-order valence-corrected chi connectivity index (χ3v) is 4.16. The molecule has 0 saturated carbocycles. The van der Waals surface area contributed by atoms with Crippen LogP contribution in [0.4, 0.5) is 5.95 Å². The van der Waals surface area contributed by atoms with Crippen molar-refractivity contribution in [2.75, 3.05) is 31.1 Å². The lowest BCUT2D eigenvalue weighted by atomic mass is 10.1. The molecule has 1 amide bonds. The molecule has 1 saturated heterocycles. The van der Waals surface area contributed by atoms with Crippen molar-refractivity contribution in [3.05, 3.63) is 53.3 Å². The number of carbonyl (C=O) groups is 1. The summed E-state index contributed by atoms with van der Waals surface area (Å²) in [6, 6.07) is 7.71. The van der Waals surface area contributed by atoms with Crippen molar-refractivity contribution in [1.82, 2.24) is 14.9 Å². The zero-order valence-electron chi connectivity index (χ0n) is 13.0. The number of rotatable bonds is 2. The molecule has 5 heteroatoms. The highest BCUT2D eigenvalue weighted by Crippen LogP contribution is 2.15. The lowest BCUT2D eigenvalue weighted by Crippen LogP contribution is -2.49. The van der Waals surface area contributed by atoms with Gasteiger partial charge in [0.25, 0.3) is 5.91 Å². The fraction of sp³-hybridized carbons (Fsp3) is 0.353. The summed E-state index contributed by atoms with van der Waals surface area (Å²) in [6.07, 6.45) is 3.49. The fourth-order valence-electron chi connectivity index (χ4n) is 2.62. The van der Waals surface area contributed by atoms with Crippen LogP contribution in [0.3, 0.4) is 0 Å². The predicted octanol–water partition coefficient (Wildman–Crippen LogP) is 2.06. The molecule has 5 nitrogen and oxygen atoms in total. The topological polar surface area (TPSA) is 49.3 Å². The van der Waals surface area contributed by atoms with Crippen LogP contribution in [0.15, 0.2) is 36.7 Å². The van der Waals surface area contributed by atoms with Crippen LogP contribution in [0.2, 0.25) is 0 Å². The van der Waals surface area contributed by atoms with E-state index >= 15 is 0 Å². The maximum atomic E-state index is 12.6. The number of carbonyl (C=O) groups excluding carboxylic acids is 1. The third-order valence-electron chi connectivity index (χ3n) is 4.16. The van der Waals surface area contributed by atoms with Gasteiger partial charge >= 0.3 is 0 Å². The van der Waals surface area contributed by atoms with Crippen LogP contribution in [0.25, 0.3) is 0 Å². The minimum absolute atomic E-state index is 0.108. The van der Waals surface area contributed by atoms with Crippen molar-refractivity contribution in [3.8, 4) is 0 Å². The summed E-state index contributed by atoms with van der Waals surface area (Å²) in [4.78, 5) is 25.1. The van der Waals surface area contributed by atoms with E-state index in [2.05, 4.69) is 21.8 Å². The standard InChI is InChI=1S/C17H20N4O/c1-13-4-5-15(12-14(13)2)16(22)20-8-10-21(11-9-20)17-18-6-3-7-19-17/h3-7,12H,8-11H2,1-2H3. The first-order valence-electron chi connectivity index (χ1n) is 7.53. The number of anilines is 1. The summed E-state index contributed by atoms with van der Waals surface area (Å²) in [5, 5.41) is 0. The van der Waals surface area contributed by atoms with E-state index in [1.807, 2.05) is 36.1 Å². The summed E-state index contributed by atoms with van der Waals surface area (Å²) >= 11 is 0. The van der Waals surface area contributed by atoms with Crippen molar-refractivity contribution in [3.63, 3.8) is 0 Å². The lowest BCUT2D eigenvalue weighted by Gasteiger charge is -2.34. The van der Waals surface area contributed by atoms with Gasteiger partial charge in [-0.25, -0.2) is 9.97 Å². The van der Waals surface area contributed by atoms with Crippen molar-refractivity contribution in [1.29, 1.82) is 0 Å². The Morgan fingerprint density at radius 1 is 1.00 bits per heavy atom. The highest BCUT2D eigenvalue weighted by Gasteiger charge is 2.23. The van der Waals surface area contributed by atoms with Crippen LogP contribution in [0, 0.1) is 13.8 Å². The zero-order chi connectivity index (χ0) is 15.5. The second-order valence-corrected chi connectivity index (χ2v) is 5.63. The molecule has 0 atom stereocenters. The molecule has 1 aromatic carbocycles. The molecule has 0 aliphatic carbocycles. The average Bonchev–Trinajstić information content (AvgIpc) is 2.58. The second kappa shape index (κ2) is 6.13. The number of nitrogens with zero attached hydrogens (tertiary/aromatic N) is 4. The summed E-state index contributed by atoms with van der Waals surface area (Å²) in [5.41, 5.74) is 3.14. The Kier molecular flexibility index (Phi) is 4.04. The Bertz CT molecular complexity index is 664. The second-order valence-electron chi connectivity index (χ2n) is 5.63. The summed E-state index contributed by atoms with van der Waals surface area (Å²) in [7, 11) is 0. The van der Waals surface area contributed by atoms with Crippen LogP contribution < -0.4 is 4.90 Å². The molecule has 22 heavy (non-hydrogen) atoms. The fourth-order valence-corrected chi connectivity index (χ4v) is 2.62. The van der Waals surface area contributed by atoms with E-state index < -0.39 is 0 Å². The van der Waals surface area contributed by atoms with Crippen LogP contribution in [0.5, 0.6) is 0 Å². The van der Waals surface area contributed by atoms with Gasteiger partial charge < -0.3 is 9.80 Å². The Labute approximate surface area is 130 Å².